The molecule has 22 heavy (non-hydrogen) atoms. The van der Waals surface area contributed by atoms with Gasteiger partial charge in [0, 0.05) is 12.1 Å². The Labute approximate surface area is 148 Å². The van der Waals surface area contributed by atoms with Crippen molar-refractivity contribution in [3.63, 3.8) is 0 Å². The predicted octanol–water partition coefficient (Wildman–Crippen LogP) is 7.27. The molecule has 1 rings (SSSR count). The number of allylic oxidation sites excluding steroid dienone is 1. The van der Waals surface area contributed by atoms with Gasteiger partial charge in [0.1, 0.15) is 0 Å². The summed E-state index contributed by atoms with van der Waals surface area (Å²) in [6, 6.07) is 5.73. The lowest BCUT2D eigenvalue weighted by Crippen LogP contribution is -2.36. The van der Waals surface area contributed by atoms with Crippen LogP contribution >= 0.6 is 23.2 Å². The van der Waals surface area contributed by atoms with Crippen LogP contribution < -0.4 is 5.32 Å². The molecule has 0 heterocycles. The van der Waals surface area contributed by atoms with Gasteiger partial charge in [0.05, 0.1) is 10.0 Å². The topological polar surface area (TPSA) is 12.0 Å². The van der Waals surface area contributed by atoms with Gasteiger partial charge in [-0.15, -0.1) is 0 Å². The molecule has 0 saturated heterocycles. The van der Waals surface area contributed by atoms with Gasteiger partial charge in [-0.3, -0.25) is 0 Å². The molecule has 0 radical (unpaired) electrons. The minimum absolute atomic E-state index is 0.0216. The van der Waals surface area contributed by atoms with E-state index in [1.165, 1.54) is 5.57 Å². The Bertz CT molecular complexity index is 437. The molecule has 0 amide bonds. The summed E-state index contributed by atoms with van der Waals surface area (Å²) in [7, 11) is 0. The maximum absolute atomic E-state index is 6.00. The summed E-state index contributed by atoms with van der Waals surface area (Å²) in [5.41, 5.74) is 2.51. The average molecular weight is 346 g/mol. The minimum Gasteiger partial charge on any atom is -0.304 e. The van der Waals surface area contributed by atoms with Crippen LogP contribution in [0.4, 0.5) is 0 Å². The van der Waals surface area contributed by atoms with Gasteiger partial charge in [-0.1, -0.05) is 75.5 Å². The molecule has 0 bridgehead atoms. The Hall–Kier alpha value is -0.500. The minimum atomic E-state index is -0.0216. The highest BCUT2D eigenvalue weighted by atomic mass is 35.5. The molecule has 0 fully saturated rings. The first-order valence-corrected chi connectivity index (χ1v) is 8.97. The molecule has 0 aliphatic heterocycles. The van der Waals surface area contributed by atoms with Crippen molar-refractivity contribution in [2.75, 3.05) is 0 Å². The van der Waals surface area contributed by atoms with Crippen molar-refractivity contribution in [2.24, 2.45) is 0 Å². The normalized spacial score (nSPS) is 11.1. The van der Waals surface area contributed by atoms with E-state index < -0.39 is 0 Å². The van der Waals surface area contributed by atoms with Gasteiger partial charge in [-0.25, -0.2) is 0 Å². The molecular formula is C19H33Cl2N. The number of rotatable bonds is 5. The standard InChI is InChI=1S/C15H21Cl2N.2C2H6/c1-5-11(2)9-15(3,4)18-10-12-6-7-13(16)14(17)8-12;2*1-2/h6-9,18H,5,10H2,1-4H3;2*1-2H3/b11-9+;;. The summed E-state index contributed by atoms with van der Waals surface area (Å²) in [6.07, 6.45) is 3.35. The average Bonchev–Trinajstić information content (AvgIpc) is 2.52. The molecule has 0 aliphatic rings. The second-order valence-electron chi connectivity index (χ2n) is 5.17. The van der Waals surface area contributed by atoms with Crippen LogP contribution in [0.2, 0.25) is 10.0 Å². The first kappa shape index (κ1) is 23.8. The van der Waals surface area contributed by atoms with E-state index >= 15 is 0 Å². The van der Waals surface area contributed by atoms with E-state index in [1.807, 2.05) is 45.9 Å². The first-order chi connectivity index (χ1) is 10.3. The zero-order valence-electron chi connectivity index (χ0n) is 15.5. The van der Waals surface area contributed by atoms with Gasteiger partial charge in [0.2, 0.25) is 0 Å². The Kier molecular flexibility index (Phi) is 14.0. The van der Waals surface area contributed by atoms with Crippen molar-refractivity contribution in [1.82, 2.24) is 5.32 Å². The van der Waals surface area contributed by atoms with Gasteiger partial charge in [-0.2, -0.15) is 0 Å². The zero-order valence-corrected chi connectivity index (χ0v) is 17.0. The van der Waals surface area contributed by atoms with Crippen LogP contribution in [0.3, 0.4) is 0 Å². The fourth-order valence-electron chi connectivity index (χ4n) is 1.75. The highest BCUT2D eigenvalue weighted by molar-refractivity contribution is 6.42. The van der Waals surface area contributed by atoms with Crippen LogP contribution in [0.5, 0.6) is 0 Å². The molecule has 0 atom stereocenters. The van der Waals surface area contributed by atoms with Crippen LogP contribution in [0, 0.1) is 0 Å². The van der Waals surface area contributed by atoms with Crippen molar-refractivity contribution in [3.8, 4) is 0 Å². The Balaban J connectivity index is 0. The molecule has 128 valence electrons. The third kappa shape index (κ3) is 10.3. The number of hydrogen-bond donors (Lipinski definition) is 1. The molecule has 0 saturated carbocycles. The van der Waals surface area contributed by atoms with Crippen LogP contribution in [0.25, 0.3) is 0 Å². The highest BCUT2D eigenvalue weighted by Crippen LogP contribution is 2.23. The molecular weight excluding hydrogens is 313 g/mol. The number of benzene rings is 1. The largest absolute Gasteiger partial charge is 0.304 e. The van der Waals surface area contributed by atoms with Gasteiger partial charge in [0.25, 0.3) is 0 Å². The Morgan fingerprint density at radius 2 is 1.64 bits per heavy atom. The first-order valence-electron chi connectivity index (χ1n) is 8.21. The van der Waals surface area contributed by atoms with Gasteiger partial charge in [-0.05, 0) is 44.9 Å². The molecule has 1 aromatic carbocycles. The molecule has 1 nitrogen and oxygen atoms in total. The lowest BCUT2D eigenvalue weighted by molar-refractivity contribution is 0.470. The van der Waals surface area contributed by atoms with Crippen LogP contribution in [-0.2, 0) is 6.54 Å². The molecule has 1 N–H and O–H groups in total. The number of halogens is 2. The third-order valence-corrected chi connectivity index (χ3v) is 3.64. The van der Waals surface area contributed by atoms with E-state index in [4.69, 9.17) is 23.2 Å². The summed E-state index contributed by atoms with van der Waals surface area (Å²) >= 11 is 11.9. The van der Waals surface area contributed by atoms with Crippen LogP contribution in [0.1, 0.15) is 67.4 Å². The maximum atomic E-state index is 6.00. The van der Waals surface area contributed by atoms with Gasteiger partial charge < -0.3 is 5.32 Å². The van der Waals surface area contributed by atoms with E-state index in [9.17, 15) is 0 Å². The summed E-state index contributed by atoms with van der Waals surface area (Å²) in [6.45, 7) is 17.4. The molecule has 3 heteroatoms. The lowest BCUT2D eigenvalue weighted by Gasteiger charge is -2.24. The number of nitrogens with one attached hydrogen (secondary N) is 1. The SMILES string of the molecule is CC.CC.CC/C(C)=C/C(C)(C)NCc1ccc(Cl)c(Cl)c1. The molecule has 0 aromatic heterocycles. The Morgan fingerprint density at radius 1 is 1.09 bits per heavy atom. The highest BCUT2D eigenvalue weighted by Gasteiger charge is 2.13. The zero-order chi connectivity index (χ0) is 17.8. The lowest BCUT2D eigenvalue weighted by atomic mass is 10.00. The van der Waals surface area contributed by atoms with Crippen molar-refractivity contribution >= 4 is 23.2 Å². The second kappa shape index (κ2) is 13.0. The van der Waals surface area contributed by atoms with Gasteiger partial charge >= 0.3 is 0 Å². The summed E-state index contributed by atoms with van der Waals surface area (Å²) in [5.74, 6) is 0. The van der Waals surface area contributed by atoms with Crippen molar-refractivity contribution in [3.05, 3.63) is 45.5 Å². The smallest absolute Gasteiger partial charge is 0.0595 e. The monoisotopic (exact) mass is 345 g/mol. The van der Waals surface area contributed by atoms with Crippen molar-refractivity contribution < 1.29 is 0 Å². The van der Waals surface area contributed by atoms with Crippen molar-refractivity contribution in [1.29, 1.82) is 0 Å². The third-order valence-electron chi connectivity index (χ3n) is 2.90. The van der Waals surface area contributed by atoms with E-state index in [1.54, 1.807) is 0 Å². The van der Waals surface area contributed by atoms with E-state index in [2.05, 4.69) is 39.1 Å². The van der Waals surface area contributed by atoms with Crippen LogP contribution in [0.15, 0.2) is 29.8 Å². The van der Waals surface area contributed by atoms with Crippen LogP contribution in [-0.4, -0.2) is 5.54 Å². The summed E-state index contributed by atoms with van der Waals surface area (Å²) < 4.78 is 0. The number of hydrogen-bond acceptors (Lipinski definition) is 1. The van der Waals surface area contributed by atoms with E-state index in [0.29, 0.717) is 10.0 Å². The maximum Gasteiger partial charge on any atom is 0.0595 e. The molecule has 0 spiro atoms. The summed E-state index contributed by atoms with van der Waals surface area (Å²) in [5, 5.41) is 4.71. The second-order valence-corrected chi connectivity index (χ2v) is 5.98. The quantitative estimate of drug-likeness (QED) is 0.553. The molecule has 1 aromatic rings. The molecule has 0 unspecified atom stereocenters. The summed E-state index contributed by atoms with van der Waals surface area (Å²) in [4.78, 5) is 0. The fourth-order valence-corrected chi connectivity index (χ4v) is 2.07. The van der Waals surface area contributed by atoms with Crippen molar-refractivity contribution in [2.45, 2.75) is 73.9 Å². The fraction of sp³-hybridized carbons (Fsp3) is 0.579. The van der Waals surface area contributed by atoms with Gasteiger partial charge in [0.15, 0.2) is 0 Å². The Morgan fingerprint density at radius 3 is 2.09 bits per heavy atom. The predicted molar refractivity (Wildman–Crippen MR) is 104 cm³/mol. The van der Waals surface area contributed by atoms with E-state index in [-0.39, 0.29) is 5.54 Å². The van der Waals surface area contributed by atoms with E-state index in [0.717, 1.165) is 18.5 Å². The molecule has 0 aliphatic carbocycles.